The molecule has 0 radical (unpaired) electrons. The van der Waals surface area contributed by atoms with Gasteiger partial charge in [-0.1, -0.05) is 30.3 Å². The average Bonchev–Trinajstić information content (AvgIpc) is 3.10. The Morgan fingerprint density at radius 3 is 2.37 bits per heavy atom. The Morgan fingerprint density at radius 1 is 1.07 bits per heavy atom. The van der Waals surface area contributed by atoms with E-state index in [1.165, 1.54) is 31.4 Å². The molecule has 1 heterocycles. The van der Waals surface area contributed by atoms with Gasteiger partial charge >= 0.3 is 11.9 Å². The Balaban J connectivity index is 1.63. The van der Waals surface area contributed by atoms with Gasteiger partial charge in [0.2, 0.25) is 5.91 Å². The highest BCUT2D eigenvalue weighted by atomic mass is 16.5. The maximum atomic E-state index is 12.4. The second-order valence-corrected chi connectivity index (χ2v) is 6.47. The first-order valence-electron chi connectivity index (χ1n) is 8.74. The van der Waals surface area contributed by atoms with Crippen LogP contribution in [0.4, 0.5) is 0 Å². The van der Waals surface area contributed by atoms with Crippen LogP contribution >= 0.6 is 0 Å². The molecule has 140 valence electrons. The summed E-state index contributed by atoms with van der Waals surface area (Å²) in [6.45, 7) is 2.28. The molecule has 2 aromatic carbocycles. The third kappa shape index (κ3) is 4.16. The summed E-state index contributed by atoms with van der Waals surface area (Å²) in [6, 6.07) is 15.7. The lowest BCUT2D eigenvalue weighted by atomic mass is 10.1. The van der Waals surface area contributed by atoms with Gasteiger partial charge in [-0.2, -0.15) is 0 Å². The van der Waals surface area contributed by atoms with Gasteiger partial charge < -0.3 is 14.4 Å². The molecule has 2 atom stereocenters. The van der Waals surface area contributed by atoms with Gasteiger partial charge in [0.05, 0.1) is 24.6 Å². The summed E-state index contributed by atoms with van der Waals surface area (Å²) < 4.78 is 10.0. The highest BCUT2D eigenvalue weighted by molar-refractivity contribution is 5.90. The molecule has 0 bridgehead atoms. The number of carbonyl (C=O) groups is 3. The Hall–Kier alpha value is -3.15. The molecule has 0 unspecified atom stereocenters. The zero-order valence-corrected chi connectivity index (χ0v) is 15.3. The van der Waals surface area contributed by atoms with Crippen LogP contribution in [-0.2, 0) is 14.3 Å². The number of methoxy groups -OCH3 is 1. The monoisotopic (exact) mass is 367 g/mol. The number of esters is 2. The zero-order chi connectivity index (χ0) is 19.4. The van der Waals surface area contributed by atoms with Gasteiger partial charge in [-0.3, -0.25) is 9.59 Å². The second-order valence-electron chi connectivity index (χ2n) is 6.47. The van der Waals surface area contributed by atoms with Crippen molar-refractivity contribution in [2.24, 2.45) is 5.92 Å². The molecule has 6 heteroatoms. The predicted molar refractivity (Wildman–Crippen MR) is 98.1 cm³/mol. The maximum Gasteiger partial charge on any atom is 0.337 e. The first kappa shape index (κ1) is 18.6. The van der Waals surface area contributed by atoms with Crippen molar-refractivity contribution in [3.05, 3.63) is 65.7 Å². The number of hydrogen-bond acceptors (Lipinski definition) is 5. The van der Waals surface area contributed by atoms with Crippen LogP contribution in [0.5, 0.6) is 5.75 Å². The van der Waals surface area contributed by atoms with E-state index in [0.717, 1.165) is 5.56 Å². The first-order chi connectivity index (χ1) is 13.0. The molecule has 0 aromatic heterocycles. The van der Waals surface area contributed by atoms with Crippen LogP contribution in [0.25, 0.3) is 0 Å². The van der Waals surface area contributed by atoms with Crippen molar-refractivity contribution in [1.82, 2.24) is 4.90 Å². The molecule has 2 aromatic rings. The van der Waals surface area contributed by atoms with E-state index in [-0.39, 0.29) is 18.4 Å². The smallest absolute Gasteiger partial charge is 0.337 e. The van der Waals surface area contributed by atoms with Crippen LogP contribution in [-0.4, -0.2) is 36.4 Å². The molecule has 1 aliphatic rings. The fourth-order valence-corrected chi connectivity index (χ4v) is 3.15. The number of nitrogens with zero attached hydrogens (tertiary/aromatic N) is 1. The normalized spacial score (nSPS) is 17.5. The summed E-state index contributed by atoms with van der Waals surface area (Å²) in [6.07, 6.45) is 0.135. The fourth-order valence-electron chi connectivity index (χ4n) is 3.15. The van der Waals surface area contributed by atoms with Crippen molar-refractivity contribution in [3.8, 4) is 5.75 Å². The van der Waals surface area contributed by atoms with Crippen molar-refractivity contribution >= 4 is 17.8 Å². The van der Waals surface area contributed by atoms with Gasteiger partial charge in [0.1, 0.15) is 5.75 Å². The van der Waals surface area contributed by atoms with Crippen molar-refractivity contribution in [3.63, 3.8) is 0 Å². The molecule has 1 aliphatic heterocycles. The maximum absolute atomic E-state index is 12.4. The Morgan fingerprint density at radius 2 is 1.74 bits per heavy atom. The van der Waals surface area contributed by atoms with Crippen LogP contribution in [0.1, 0.15) is 35.3 Å². The minimum absolute atomic E-state index is 0.0608. The number of hydrogen-bond donors (Lipinski definition) is 0. The third-order valence-electron chi connectivity index (χ3n) is 4.74. The van der Waals surface area contributed by atoms with Gasteiger partial charge in [-0.05, 0) is 36.8 Å². The summed E-state index contributed by atoms with van der Waals surface area (Å²) in [5.41, 5.74) is 1.40. The van der Waals surface area contributed by atoms with E-state index in [0.29, 0.717) is 17.9 Å². The number of benzene rings is 2. The van der Waals surface area contributed by atoms with Gasteiger partial charge in [0.25, 0.3) is 0 Å². The number of carbonyl (C=O) groups excluding carboxylic acids is 3. The summed E-state index contributed by atoms with van der Waals surface area (Å²) in [5.74, 6) is -1.15. The van der Waals surface area contributed by atoms with Crippen LogP contribution in [0.2, 0.25) is 0 Å². The van der Waals surface area contributed by atoms with Gasteiger partial charge in [0.15, 0.2) is 0 Å². The van der Waals surface area contributed by atoms with E-state index in [4.69, 9.17) is 4.74 Å². The molecular weight excluding hydrogens is 346 g/mol. The second kappa shape index (κ2) is 8.03. The number of likely N-dealkylation sites (tertiary alicyclic amines) is 1. The van der Waals surface area contributed by atoms with E-state index in [9.17, 15) is 14.4 Å². The quantitative estimate of drug-likeness (QED) is 0.600. The number of amides is 1. The summed E-state index contributed by atoms with van der Waals surface area (Å²) in [7, 11) is 1.30. The SMILES string of the molecule is COC(=O)c1ccc(OC(=O)[C@@H]2CC(=O)N([C@H](C)c3ccccc3)C2)cc1. The molecule has 0 aliphatic carbocycles. The van der Waals surface area contributed by atoms with Crippen LogP contribution < -0.4 is 4.74 Å². The Kier molecular flexibility index (Phi) is 5.54. The van der Waals surface area contributed by atoms with Gasteiger partial charge in [-0.25, -0.2) is 4.79 Å². The van der Waals surface area contributed by atoms with Crippen LogP contribution in [0, 0.1) is 5.92 Å². The molecule has 1 saturated heterocycles. The summed E-state index contributed by atoms with van der Waals surface area (Å²) >= 11 is 0. The van der Waals surface area contributed by atoms with E-state index in [2.05, 4.69) is 4.74 Å². The van der Waals surface area contributed by atoms with E-state index in [1.54, 1.807) is 4.90 Å². The standard InChI is InChI=1S/C21H21NO5/c1-14(15-6-4-3-5-7-15)22-13-17(12-19(22)23)21(25)27-18-10-8-16(9-11-18)20(24)26-2/h3-11,14,17H,12-13H2,1-2H3/t14-,17-/m1/s1. The van der Waals surface area contributed by atoms with Crippen molar-refractivity contribution < 1.29 is 23.9 Å². The van der Waals surface area contributed by atoms with Crippen molar-refractivity contribution in [1.29, 1.82) is 0 Å². The molecule has 3 rings (SSSR count). The van der Waals surface area contributed by atoms with E-state index < -0.39 is 17.9 Å². The lowest BCUT2D eigenvalue weighted by Gasteiger charge is -2.25. The van der Waals surface area contributed by atoms with E-state index >= 15 is 0 Å². The zero-order valence-electron chi connectivity index (χ0n) is 15.3. The van der Waals surface area contributed by atoms with Crippen LogP contribution in [0.3, 0.4) is 0 Å². The topological polar surface area (TPSA) is 72.9 Å². The third-order valence-corrected chi connectivity index (χ3v) is 4.74. The highest BCUT2D eigenvalue weighted by Crippen LogP contribution is 2.29. The number of rotatable bonds is 5. The molecule has 0 saturated carbocycles. The Bertz CT molecular complexity index is 831. The van der Waals surface area contributed by atoms with Crippen LogP contribution in [0.15, 0.2) is 54.6 Å². The predicted octanol–water partition coefficient (Wildman–Crippen LogP) is 2.99. The molecule has 0 spiro atoms. The molecule has 1 fully saturated rings. The summed E-state index contributed by atoms with van der Waals surface area (Å²) in [4.78, 5) is 38.0. The molecule has 0 N–H and O–H groups in total. The molecule has 1 amide bonds. The van der Waals surface area contributed by atoms with Crippen molar-refractivity contribution in [2.45, 2.75) is 19.4 Å². The molecular formula is C21H21NO5. The Labute approximate surface area is 157 Å². The lowest BCUT2D eigenvalue weighted by molar-refractivity contribution is -0.139. The van der Waals surface area contributed by atoms with Gasteiger partial charge in [0, 0.05) is 13.0 Å². The summed E-state index contributed by atoms with van der Waals surface area (Å²) in [5, 5.41) is 0. The molecule has 6 nitrogen and oxygen atoms in total. The van der Waals surface area contributed by atoms with Gasteiger partial charge in [-0.15, -0.1) is 0 Å². The largest absolute Gasteiger partial charge is 0.465 e. The van der Waals surface area contributed by atoms with E-state index in [1.807, 2.05) is 37.3 Å². The lowest BCUT2D eigenvalue weighted by Crippen LogP contribution is -2.30. The average molecular weight is 367 g/mol. The highest BCUT2D eigenvalue weighted by Gasteiger charge is 2.38. The minimum atomic E-state index is -0.510. The van der Waals surface area contributed by atoms with Crippen molar-refractivity contribution in [2.75, 3.05) is 13.7 Å². The first-order valence-corrected chi connectivity index (χ1v) is 8.74. The fraction of sp³-hybridized carbons (Fsp3) is 0.286. The number of ether oxygens (including phenoxy) is 2. The molecule has 27 heavy (non-hydrogen) atoms. The minimum Gasteiger partial charge on any atom is -0.465 e.